The van der Waals surface area contributed by atoms with Crippen LogP contribution in [0.25, 0.3) is 17.0 Å². The molecule has 0 spiro atoms. The second-order valence-corrected chi connectivity index (χ2v) is 4.09. The number of benzene rings is 1. The lowest BCUT2D eigenvalue weighted by Crippen LogP contribution is -2.13. The quantitative estimate of drug-likeness (QED) is 0.859. The van der Waals surface area contributed by atoms with Crippen LogP contribution in [0.1, 0.15) is 11.3 Å². The fourth-order valence-electron chi connectivity index (χ4n) is 1.65. The van der Waals surface area contributed by atoms with Crippen molar-refractivity contribution in [2.45, 2.75) is 6.18 Å². The van der Waals surface area contributed by atoms with Crippen LogP contribution in [-0.4, -0.2) is 17.9 Å². The van der Waals surface area contributed by atoms with Crippen LogP contribution in [0.3, 0.4) is 0 Å². The molecule has 0 atom stereocenters. The van der Waals surface area contributed by atoms with Gasteiger partial charge in [0.1, 0.15) is 0 Å². The number of halogens is 3. The van der Waals surface area contributed by atoms with Gasteiger partial charge in [-0.25, -0.2) is 4.98 Å². The fourth-order valence-corrected chi connectivity index (χ4v) is 1.65. The molecular formula is C14H11F3N2O. The van der Waals surface area contributed by atoms with E-state index in [1.807, 2.05) is 0 Å². The van der Waals surface area contributed by atoms with Crippen molar-refractivity contribution in [1.82, 2.24) is 10.3 Å². The summed E-state index contributed by atoms with van der Waals surface area (Å²) in [5, 5.41) is 2.82. The van der Waals surface area contributed by atoms with E-state index in [4.69, 9.17) is 0 Å². The van der Waals surface area contributed by atoms with E-state index < -0.39 is 11.7 Å². The average Bonchev–Trinajstić information content (AvgIpc) is 2.42. The molecule has 1 amide bonds. The molecular weight excluding hydrogens is 269 g/mol. The Bertz CT molecular complexity index is 678. The zero-order valence-electron chi connectivity index (χ0n) is 10.5. The third-order valence-corrected chi connectivity index (χ3v) is 2.69. The van der Waals surface area contributed by atoms with Gasteiger partial charge in [0.2, 0.25) is 5.91 Å². The number of nitrogens with one attached hydrogen (secondary N) is 1. The Hall–Kier alpha value is -2.37. The van der Waals surface area contributed by atoms with Gasteiger partial charge < -0.3 is 5.32 Å². The molecule has 1 N–H and O–H groups in total. The topological polar surface area (TPSA) is 42.0 Å². The Kier molecular flexibility index (Phi) is 3.74. The normalized spacial score (nSPS) is 12.0. The van der Waals surface area contributed by atoms with E-state index in [0.717, 1.165) is 12.1 Å². The lowest BCUT2D eigenvalue weighted by atomic mass is 10.1. The van der Waals surface area contributed by atoms with Crippen molar-refractivity contribution in [1.29, 1.82) is 0 Å². The Labute approximate surface area is 113 Å². The molecule has 1 heterocycles. The van der Waals surface area contributed by atoms with Crippen LogP contribution in [0, 0.1) is 0 Å². The van der Waals surface area contributed by atoms with E-state index in [-0.39, 0.29) is 5.91 Å². The Morgan fingerprint density at radius 2 is 2.00 bits per heavy atom. The molecule has 3 nitrogen and oxygen atoms in total. The standard InChI is InChI=1S/C14H11F3N2O/c1-18-13(20)7-5-11-4-2-9-8-10(14(15,16)17)3-6-12(9)19-11/h2-8H,1H3,(H,18,20)/b7-5+. The van der Waals surface area contributed by atoms with Crippen molar-refractivity contribution in [3.63, 3.8) is 0 Å². The van der Waals surface area contributed by atoms with Gasteiger partial charge in [-0.2, -0.15) is 13.2 Å². The van der Waals surface area contributed by atoms with Crippen LogP contribution in [-0.2, 0) is 11.0 Å². The van der Waals surface area contributed by atoms with E-state index >= 15 is 0 Å². The third-order valence-electron chi connectivity index (χ3n) is 2.69. The summed E-state index contributed by atoms with van der Waals surface area (Å²) in [5.74, 6) is -0.278. The molecule has 1 aromatic heterocycles. The van der Waals surface area contributed by atoms with Crippen LogP contribution in [0.5, 0.6) is 0 Å². The number of alkyl halides is 3. The van der Waals surface area contributed by atoms with Gasteiger partial charge in [-0.1, -0.05) is 6.07 Å². The number of fused-ring (bicyclic) bond motifs is 1. The summed E-state index contributed by atoms with van der Waals surface area (Å²) in [6.07, 6.45) is -1.57. The molecule has 2 aromatic rings. The molecule has 0 aliphatic heterocycles. The largest absolute Gasteiger partial charge is 0.416 e. The number of rotatable bonds is 2. The number of amides is 1. The molecule has 0 fully saturated rings. The summed E-state index contributed by atoms with van der Waals surface area (Å²) in [6.45, 7) is 0. The molecule has 0 bridgehead atoms. The summed E-state index contributed by atoms with van der Waals surface area (Å²) in [4.78, 5) is 15.2. The predicted octanol–water partition coefficient (Wildman–Crippen LogP) is 3.01. The molecule has 1 aromatic carbocycles. The van der Waals surface area contributed by atoms with Crippen molar-refractivity contribution in [2.24, 2.45) is 0 Å². The number of carbonyl (C=O) groups is 1. The van der Waals surface area contributed by atoms with Crippen molar-refractivity contribution in [2.75, 3.05) is 7.05 Å². The highest BCUT2D eigenvalue weighted by molar-refractivity contribution is 5.91. The highest BCUT2D eigenvalue weighted by Crippen LogP contribution is 2.31. The van der Waals surface area contributed by atoms with Gasteiger partial charge in [0.25, 0.3) is 0 Å². The smallest absolute Gasteiger partial charge is 0.356 e. The van der Waals surface area contributed by atoms with Gasteiger partial charge in [-0.3, -0.25) is 4.79 Å². The van der Waals surface area contributed by atoms with Gasteiger partial charge in [0, 0.05) is 18.5 Å². The first-order valence-electron chi connectivity index (χ1n) is 5.78. The van der Waals surface area contributed by atoms with Gasteiger partial charge in [0.05, 0.1) is 16.8 Å². The summed E-state index contributed by atoms with van der Waals surface area (Å²) in [7, 11) is 1.50. The minimum absolute atomic E-state index is 0.278. The van der Waals surface area contributed by atoms with Crippen LogP contribution in [0.4, 0.5) is 13.2 Å². The Balaban J connectivity index is 2.37. The average molecular weight is 280 g/mol. The van der Waals surface area contributed by atoms with Gasteiger partial charge in [0.15, 0.2) is 0 Å². The molecule has 0 saturated carbocycles. The first-order valence-corrected chi connectivity index (χ1v) is 5.78. The number of pyridine rings is 1. The number of hydrogen-bond donors (Lipinski definition) is 1. The van der Waals surface area contributed by atoms with E-state index in [1.165, 1.54) is 25.3 Å². The summed E-state index contributed by atoms with van der Waals surface area (Å²) in [5.41, 5.74) is 0.235. The minimum Gasteiger partial charge on any atom is -0.356 e. The Morgan fingerprint density at radius 3 is 2.65 bits per heavy atom. The molecule has 0 unspecified atom stereocenters. The van der Waals surface area contributed by atoms with Gasteiger partial charge in [-0.15, -0.1) is 0 Å². The highest BCUT2D eigenvalue weighted by atomic mass is 19.4. The highest BCUT2D eigenvalue weighted by Gasteiger charge is 2.30. The second kappa shape index (κ2) is 5.32. The van der Waals surface area contributed by atoms with E-state index in [0.29, 0.717) is 16.6 Å². The van der Waals surface area contributed by atoms with Crippen molar-refractivity contribution >= 4 is 22.9 Å². The van der Waals surface area contributed by atoms with Gasteiger partial charge >= 0.3 is 6.18 Å². The van der Waals surface area contributed by atoms with Crippen molar-refractivity contribution in [3.8, 4) is 0 Å². The van der Waals surface area contributed by atoms with E-state index in [1.54, 1.807) is 12.1 Å². The number of hydrogen-bond acceptors (Lipinski definition) is 2. The number of carbonyl (C=O) groups excluding carboxylic acids is 1. The fraction of sp³-hybridized carbons (Fsp3) is 0.143. The SMILES string of the molecule is CNC(=O)/C=C/c1ccc2cc(C(F)(F)F)ccc2n1. The summed E-state index contributed by atoms with van der Waals surface area (Å²) in [6, 6.07) is 6.45. The monoisotopic (exact) mass is 280 g/mol. The zero-order valence-corrected chi connectivity index (χ0v) is 10.5. The maximum Gasteiger partial charge on any atom is 0.416 e. The number of aromatic nitrogens is 1. The molecule has 2 rings (SSSR count). The maximum absolute atomic E-state index is 12.6. The number of nitrogens with zero attached hydrogens (tertiary/aromatic N) is 1. The lowest BCUT2D eigenvalue weighted by molar-refractivity contribution is -0.137. The van der Waals surface area contributed by atoms with Crippen molar-refractivity contribution in [3.05, 3.63) is 47.7 Å². The zero-order chi connectivity index (χ0) is 14.8. The molecule has 20 heavy (non-hydrogen) atoms. The van der Waals surface area contributed by atoms with Crippen LogP contribution < -0.4 is 5.32 Å². The van der Waals surface area contributed by atoms with Crippen LogP contribution in [0.2, 0.25) is 0 Å². The molecule has 0 aliphatic carbocycles. The molecule has 104 valence electrons. The second-order valence-electron chi connectivity index (χ2n) is 4.09. The molecule has 6 heteroatoms. The summed E-state index contributed by atoms with van der Waals surface area (Å²) < 4.78 is 37.7. The maximum atomic E-state index is 12.6. The molecule has 0 aliphatic rings. The van der Waals surface area contributed by atoms with E-state index in [9.17, 15) is 18.0 Å². The first-order chi connectivity index (χ1) is 9.40. The first kappa shape index (κ1) is 14.0. The van der Waals surface area contributed by atoms with Crippen LogP contribution in [0.15, 0.2) is 36.4 Å². The lowest BCUT2D eigenvalue weighted by Gasteiger charge is -2.07. The van der Waals surface area contributed by atoms with Crippen molar-refractivity contribution < 1.29 is 18.0 Å². The minimum atomic E-state index is -4.37. The predicted molar refractivity (Wildman–Crippen MR) is 69.8 cm³/mol. The van der Waals surface area contributed by atoms with E-state index in [2.05, 4.69) is 10.3 Å². The van der Waals surface area contributed by atoms with Crippen LogP contribution >= 0.6 is 0 Å². The molecule has 0 radical (unpaired) electrons. The molecule has 0 saturated heterocycles. The van der Waals surface area contributed by atoms with Gasteiger partial charge in [-0.05, 0) is 30.3 Å². The number of likely N-dealkylation sites (N-methyl/N-ethyl adjacent to an activating group) is 1. The summed E-state index contributed by atoms with van der Waals surface area (Å²) >= 11 is 0. The Morgan fingerprint density at radius 1 is 1.25 bits per heavy atom. The third kappa shape index (κ3) is 3.14.